The molecule has 0 radical (unpaired) electrons. The van der Waals surface area contributed by atoms with Gasteiger partial charge >= 0.3 is 0 Å². The van der Waals surface area contributed by atoms with Gasteiger partial charge in [0, 0.05) is 19.0 Å². The minimum atomic E-state index is -0.358. The molecular weight excluding hydrogens is 214 g/mol. The number of carbonyl (C=O) groups excluding carboxylic acids is 1. The molecule has 0 bridgehead atoms. The van der Waals surface area contributed by atoms with Crippen LogP contribution < -0.4 is 11.5 Å². The molecule has 1 heterocycles. The molecule has 0 aromatic carbocycles. The van der Waals surface area contributed by atoms with Crippen LogP contribution in [0.1, 0.15) is 13.3 Å². The molecule has 1 rings (SSSR count). The number of hydrogen-bond acceptors (Lipinski definition) is 4. The lowest BCUT2D eigenvalue weighted by Gasteiger charge is -2.37. The zero-order chi connectivity index (χ0) is 11.4. The zero-order valence-corrected chi connectivity index (χ0v) is 9.63. The van der Waals surface area contributed by atoms with Crippen LogP contribution in [0.25, 0.3) is 0 Å². The highest BCUT2D eigenvalue weighted by atomic mass is 32.1. The summed E-state index contributed by atoms with van der Waals surface area (Å²) in [5, 5.41) is 0. The molecule has 0 aliphatic carbocycles. The van der Waals surface area contributed by atoms with Crippen molar-refractivity contribution in [1.82, 2.24) is 4.90 Å². The Morgan fingerprint density at radius 3 is 2.87 bits per heavy atom. The monoisotopic (exact) mass is 231 g/mol. The van der Waals surface area contributed by atoms with Crippen LogP contribution >= 0.6 is 12.2 Å². The number of carbonyl (C=O) groups is 1. The summed E-state index contributed by atoms with van der Waals surface area (Å²) in [6, 6.07) is -0.230. The van der Waals surface area contributed by atoms with Gasteiger partial charge in [-0.2, -0.15) is 0 Å². The highest BCUT2D eigenvalue weighted by molar-refractivity contribution is 7.80. The average Bonchev–Trinajstić information content (AvgIpc) is 2.16. The fourth-order valence-corrected chi connectivity index (χ4v) is 2.04. The predicted molar refractivity (Wildman–Crippen MR) is 61.4 cm³/mol. The summed E-state index contributed by atoms with van der Waals surface area (Å²) in [6.07, 6.45) is 0.596. The highest BCUT2D eigenvalue weighted by Crippen LogP contribution is 2.13. The Bertz CT molecular complexity index is 260. The maximum absolute atomic E-state index is 11.2. The lowest BCUT2D eigenvalue weighted by molar-refractivity contribution is -0.130. The maximum Gasteiger partial charge on any atom is 0.237 e. The van der Waals surface area contributed by atoms with Crippen molar-refractivity contribution in [2.45, 2.75) is 25.4 Å². The molecule has 86 valence electrons. The first-order valence-electron chi connectivity index (χ1n) is 4.93. The topological polar surface area (TPSA) is 81.6 Å². The third-order valence-electron chi connectivity index (χ3n) is 2.56. The molecule has 1 aliphatic heterocycles. The van der Waals surface area contributed by atoms with Crippen LogP contribution in [0.2, 0.25) is 0 Å². The van der Waals surface area contributed by atoms with Gasteiger partial charge in [-0.25, -0.2) is 0 Å². The van der Waals surface area contributed by atoms with Gasteiger partial charge in [-0.3, -0.25) is 9.69 Å². The van der Waals surface area contributed by atoms with Gasteiger partial charge in [0.25, 0.3) is 0 Å². The number of rotatable bonds is 4. The van der Waals surface area contributed by atoms with Gasteiger partial charge in [-0.1, -0.05) is 12.2 Å². The third kappa shape index (κ3) is 3.40. The van der Waals surface area contributed by atoms with Crippen LogP contribution in [0, 0.1) is 0 Å². The van der Waals surface area contributed by atoms with E-state index in [9.17, 15) is 4.79 Å². The van der Waals surface area contributed by atoms with Gasteiger partial charge in [-0.15, -0.1) is 0 Å². The number of hydrogen-bond donors (Lipinski definition) is 2. The van der Waals surface area contributed by atoms with Crippen LogP contribution in [0.3, 0.4) is 0 Å². The Balaban J connectivity index is 2.62. The van der Waals surface area contributed by atoms with E-state index in [0.29, 0.717) is 31.2 Å². The molecule has 0 aromatic rings. The molecule has 0 saturated carbocycles. The van der Waals surface area contributed by atoms with Crippen molar-refractivity contribution < 1.29 is 9.53 Å². The molecule has 0 aromatic heterocycles. The summed E-state index contributed by atoms with van der Waals surface area (Å²) in [6.45, 7) is 3.65. The highest BCUT2D eigenvalue weighted by Gasteiger charge is 2.30. The summed E-state index contributed by atoms with van der Waals surface area (Å²) >= 11 is 4.85. The smallest absolute Gasteiger partial charge is 0.237 e. The normalized spacial score (nSPS) is 24.7. The lowest BCUT2D eigenvalue weighted by atomic mass is 10.1. The summed E-state index contributed by atoms with van der Waals surface area (Å²) in [5.41, 5.74) is 10.8. The molecule has 0 spiro atoms. The molecule has 1 aliphatic rings. The number of thiocarbonyl (C=S) groups is 1. The number of ether oxygens (including phenoxy) is 1. The van der Waals surface area contributed by atoms with Crippen LogP contribution in [-0.2, 0) is 9.53 Å². The quantitative estimate of drug-likeness (QED) is 0.621. The Morgan fingerprint density at radius 1 is 1.67 bits per heavy atom. The van der Waals surface area contributed by atoms with Crippen LogP contribution in [0.5, 0.6) is 0 Å². The third-order valence-corrected chi connectivity index (χ3v) is 2.73. The lowest BCUT2D eigenvalue weighted by Crippen LogP contribution is -2.56. The number of nitrogens with two attached hydrogens (primary N) is 2. The summed E-state index contributed by atoms with van der Waals surface area (Å²) in [4.78, 5) is 13.7. The van der Waals surface area contributed by atoms with Crippen LogP contribution in [0.4, 0.5) is 0 Å². The Kier molecular flexibility index (Phi) is 4.44. The molecule has 1 fully saturated rings. The average molecular weight is 231 g/mol. The van der Waals surface area contributed by atoms with Crippen molar-refractivity contribution in [2.75, 3.05) is 19.8 Å². The second-order valence-corrected chi connectivity index (χ2v) is 4.27. The number of amides is 1. The van der Waals surface area contributed by atoms with Crippen molar-refractivity contribution in [3.8, 4) is 0 Å². The van der Waals surface area contributed by atoms with E-state index in [4.69, 9.17) is 28.4 Å². The van der Waals surface area contributed by atoms with E-state index in [-0.39, 0.29) is 18.0 Å². The van der Waals surface area contributed by atoms with E-state index in [2.05, 4.69) is 0 Å². The van der Waals surface area contributed by atoms with Gasteiger partial charge in [0.15, 0.2) is 0 Å². The molecule has 15 heavy (non-hydrogen) atoms. The zero-order valence-electron chi connectivity index (χ0n) is 8.81. The van der Waals surface area contributed by atoms with Gasteiger partial charge in [0.2, 0.25) is 5.91 Å². The van der Waals surface area contributed by atoms with Gasteiger partial charge in [0.05, 0.1) is 18.2 Å². The summed E-state index contributed by atoms with van der Waals surface area (Å²) < 4.78 is 5.22. The second-order valence-electron chi connectivity index (χ2n) is 3.75. The first-order valence-corrected chi connectivity index (χ1v) is 5.34. The number of primary amides is 1. The molecule has 2 unspecified atom stereocenters. The largest absolute Gasteiger partial charge is 0.393 e. The van der Waals surface area contributed by atoms with Crippen molar-refractivity contribution in [3.05, 3.63) is 0 Å². The molecular formula is C9H17N3O2S. The Hall–Kier alpha value is -0.720. The van der Waals surface area contributed by atoms with Gasteiger partial charge in [-0.05, 0) is 6.92 Å². The molecule has 1 amide bonds. The SMILES string of the molecule is CC(CC(N)=S)N1CCOCC1C(N)=O. The van der Waals surface area contributed by atoms with Crippen molar-refractivity contribution in [3.63, 3.8) is 0 Å². The van der Waals surface area contributed by atoms with E-state index in [1.807, 2.05) is 11.8 Å². The first kappa shape index (κ1) is 12.4. The fourth-order valence-electron chi connectivity index (χ4n) is 1.80. The van der Waals surface area contributed by atoms with E-state index in [0.717, 1.165) is 0 Å². The van der Waals surface area contributed by atoms with Gasteiger partial charge in [0.1, 0.15) is 6.04 Å². The van der Waals surface area contributed by atoms with Crippen molar-refractivity contribution >= 4 is 23.1 Å². The molecule has 2 atom stereocenters. The standard InChI is InChI=1S/C9H17N3O2S/c1-6(4-8(10)15)12-2-3-14-5-7(12)9(11)13/h6-7H,2-5H2,1H3,(H2,10,15)(H2,11,13). The minimum absolute atomic E-state index is 0.129. The number of nitrogens with zero attached hydrogens (tertiary/aromatic N) is 1. The van der Waals surface area contributed by atoms with E-state index in [1.165, 1.54) is 0 Å². The summed E-state index contributed by atoms with van der Waals surface area (Å²) in [5.74, 6) is -0.357. The molecule has 4 N–H and O–H groups in total. The van der Waals surface area contributed by atoms with Crippen LogP contribution in [-0.4, -0.2) is 47.6 Å². The maximum atomic E-state index is 11.2. The Morgan fingerprint density at radius 2 is 2.33 bits per heavy atom. The Labute approximate surface area is 94.7 Å². The fraction of sp³-hybridized carbons (Fsp3) is 0.778. The predicted octanol–water partition coefficient (Wildman–Crippen LogP) is -0.763. The van der Waals surface area contributed by atoms with Crippen LogP contribution in [0.15, 0.2) is 0 Å². The van der Waals surface area contributed by atoms with Crippen molar-refractivity contribution in [2.24, 2.45) is 11.5 Å². The first-order chi connectivity index (χ1) is 7.02. The van der Waals surface area contributed by atoms with E-state index in [1.54, 1.807) is 0 Å². The molecule has 5 nitrogen and oxygen atoms in total. The molecule has 6 heteroatoms. The second kappa shape index (κ2) is 5.39. The van der Waals surface area contributed by atoms with E-state index >= 15 is 0 Å². The van der Waals surface area contributed by atoms with E-state index < -0.39 is 0 Å². The number of morpholine rings is 1. The summed E-state index contributed by atoms with van der Waals surface area (Å²) in [7, 11) is 0. The minimum Gasteiger partial charge on any atom is -0.393 e. The molecule has 1 saturated heterocycles. The van der Waals surface area contributed by atoms with Gasteiger partial charge < -0.3 is 16.2 Å². The van der Waals surface area contributed by atoms with Crippen molar-refractivity contribution in [1.29, 1.82) is 0 Å².